The van der Waals surface area contributed by atoms with Crippen LogP contribution >= 0.6 is 15.9 Å². The van der Waals surface area contributed by atoms with E-state index in [1.165, 1.54) is 12.1 Å². The van der Waals surface area contributed by atoms with Gasteiger partial charge in [0, 0.05) is 11.8 Å². The minimum Gasteiger partial charge on any atom is -0.308 e. The first-order valence-electron chi connectivity index (χ1n) is 6.90. The van der Waals surface area contributed by atoms with Gasteiger partial charge in [-0.3, -0.25) is 4.98 Å². The lowest BCUT2D eigenvalue weighted by Crippen LogP contribution is -2.25. The fourth-order valence-corrected chi connectivity index (χ4v) is 2.51. The van der Waals surface area contributed by atoms with E-state index in [1.807, 2.05) is 25.1 Å². The molecule has 0 aliphatic carbocycles. The first-order valence-corrected chi connectivity index (χ1v) is 7.69. The van der Waals surface area contributed by atoms with Gasteiger partial charge in [0.05, 0.1) is 16.2 Å². The van der Waals surface area contributed by atoms with Gasteiger partial charge in [-0.05, 0) is 59.6 Å². The maximum atomic E-state index is 14.1. The Kier molecular flexibility index (Phi) is 5.82. The Morgan fingerprint density at radius 3 is 2.71 bits per heavy atom. The molecule has 0 amide bonds. The molecule has 0 fully saturated rings. The molecule has 1 heterocycles. The summed E-state index contributed by atoms with van der Waals surface area (Å²) >= 11 is 3.10. The van der Waals surface area contributed by atoms with Crippen molar-refractivity contribution in [2.45, 2.75) is 25.8 Å². The number of hydrogen-bond donors (Lipinski definition) is 1. The fraction of sp³-hybridized carbons (Fsp3) is 0.312. The zero-order chi connectivity index (χ0) is 15.2. The summed E-state index contributed by atoms with van der Waals surface area (Å²) in [5.41, 5.74) is 0.855. The van der Waals surface area contributed by atoms with E-state index < -0.39 is 11.6 Å². The second kappa shape index (κ2) is 7.61. The van der Waals surface area contributed by atoms with Gasteiger partial charge in [-0.2, -0.15) is 0 Å². The van der Waals surface area contributed by atoms with Gasteiger partial charge >= 0.3 is 0 Å². The number of halogens is 3. The topological polar surface area (TPSA) is 24.9 Å². The molecule has 0 aliphatic heterocycles. The molecule has 2 aromatic rings. The third-order valence-electron chi connectivity index (χ3n) is 3.23. The van der Waals surface area contributed by atoms with Crippen LogP contribution in [0.15, 0.2) is 41.0 Å². The summed E-state index contributed by atoms with van der Waals surface area (Å²) in [6.07, 6.45) is 2.84. The first-order chi connectivity index (χ1) is 10.1. The van der Waals surface area contributed by atoms with Crippen LogP contribution in [0.25, 0.3) is 0 Å². The van der Waals surface area contributed by atoms with Gasteiger partial charge in [0.15, 0.2) is 0 Å². The van der Waals surface area contributed by atoms with Gasteiger partial charge in [-0.15, -0.1) is 0 Å². The van der Waals surface area contributed by atoms with E-state index in [0.717, 1.165) is 18.7 Å². The molecule has 1 N–H and O–H groups in total. The molecule has 0 saturated heterocycles. The molecule has 5 heteroatoms. The van der Waals surface area contributed by atoms with Crippen molar-refractivity contribution in [1.29, 1.82) is 0 Å². The monoisotopic (exact) mass is 354 g/mol. The SMILES string of the molecule is CCCNC(Cc1c(F)ccc(Br)c1F)c1ccccn1. The van der Waals surface area contributed by atoms with Crippen LogP contribution in [0.2, 0.25) is 0 Å². The van der Waals surface area contributed by atoms with Crippen LogP contribution in [0.4, 0.5) is 8.78 Å². The Bertz CT molecular complexity index is 590. The van der Waals surface area contributed by atoms with E-state index >= 15 is 0 Å². The lowest BCUT2D eigenvalue weighted by atomic mass is 10.0. The second-order valence-electron chi connectivity index (χ2n) is 4.79. The summed E-state index contributed by atoms with van der Waals surface area (Å²) in [5.74, 6) is -1.08. The Morgan fingerprint density at radius 2 is 2.05 bits per heavy atom. The third kappa shape index (κ3) is 4.08. The number of nitrogens with zero attached hydrogens (tertiary/aromatic N) is 1. The summed E-state index contributed by atoms with van der Waals surface area (Å²) in [6.45, 7) is 2.81. The van der Waals surface area contributed by atoms with Crippen LogP contribution in [-0.4, -0.2) is 11.5 Å². The Morgan fingerprint density at radius 1 is 1.24 bits per heavy atom. The molecular formula is C16H17BrF2N2. The molecule has 1 aromatic carbocycles. The van der Waals surface area contributed by atoms with Crippen molar-refractivity contribution < 1.29 is 8.78 Å². The van der Waals surface area contributed by atoms with Crippen LogP contribution < -0.4 is 5.32 Å². The summed E-state index contributed by atoms with van der Waals surface area (Å²) in [4.78, 5) is 4.29. The number of rotatable bonds is 6. The molecular weight excluding hydrogens is 338 g/mol. The lowest BCUT2D eigenvalue weighted by Gasteiger charge is -2.19. The smallest absolute Gasteiger partial charge is 0.143 e. The maximum Gasteiger partial charge on any atom is 0.143 e. The third-order valence-corrected chi connectivity index (χ3v) is 3.85. The summed E-state index contributed by atoms with van der Waals surface area (Å²) in [5, 5.41) is 3.30. The van der Waals surface area contributed by atoms with Gasteiger partial charge in [0.1, 0.15) is 11.6 Å². The van der Waals surface area contributed by atoms with E-state index in [1.54, 1.807) is 6.20 Å². The largest absolute Gasteiger partial charge is 0.308 e. The van der Waals surface area contributed by atoms with Crippen LogP contribution in [0.5, 0.6) is 0 Å². The van der Waals surface area contributed by atoms with Crippen LogP contribution in [-0.2, 0) is 6.42 Å². The van der Waals surface area contributed by atoms with Crippen LogP contribution in [0.3, 0.4) is 0 Å². The zero-order valence-corrected chi connectivity index (χ0v) is 13.3. The highest BCUT2D eigenvalue weighted by Crippen LogP contribution is 2.26. The van der Waals surface area contributed by atoms with Crippen molar-refractivity contribution in [2.75, 3.05) is 6.54 Å². The number of pyridine rings is 1. The highest BCUT2D eigenvalue weighted by Gasteiger charge is 2.19. The molecule has 0 bridgehead atoms. The highest BCUT2D eigenvalue weighted by atomic mass is 79.9. The molecule has 21 heavy (non-hydrogen) atoms. The quantitative estimate of drug-likeness (QED) is 0.777. The van der Waals surface area contributed by atoms with Crippen molar-refractivity contribution in [3.05, 3.63) is 63.9 Å². The average Bonchev–Trinajstić information content (AvgIpc) is 2.51. The Labute approximate surface area is 131 Å². The maximum absolute atomic E-state index is 14.1. The number of aromatic nitrogens is 1. The minimum absolute atomic E-state index is 0.0728. The van der Waals surface area contributed by atoms with Gasteiger partial charge < -0.3 is 5.32 Å². The molecule has 2 rings (SSSR count). The molecule has 0 saturated carbocycles. The van der Waals surface area contributed by atoms with Crippen molar-refractivity contribution in [1.82, 2.24) is 10.3 Å². The Balaban J connectivity index is 2.29. The summed E-state index contributed by atoms with van der Waals surface area (Å²) in [6, 6.07) is 7.99. The molecule has 1 atom stereocenters. The fourth-order valence-electron chi connectivity index (χ4n) is 2.14. The second-order valence-corrected chi connectivity index (χ2v) is 5.64. The van der Waals surface area contributed by atoms with Gasteiger partial charge in [-0.1, -0.05) is 13.0 Å². The van der Waals surface area contributed by atoms with E-state index in [9.17, 15) is 8.78 Å². The predicted octanol–water partition coefficient (Wildman–Crippen LogP) is 4.41. The molecule has 2 nitrogen and oxygen atoms in total. The summed E-state index contributed by atoms with van der Waals surface area (Å²) in [7, 11) is 0. The number of benzene rings is 1. The van der Waals surface area contributed by atoms with E-state index in [-0.39, 0.29) is 22.5 Å². The first kappa shape index (κ1) is 16.0. The predicted molar refractivity (Wildman–Crippen MR) is 83.0 cm³/mol. The minimum atomic E-state index is -0.547. The molecule has 1 aromatic heterocycles. The molecule has 0 aliphatic rings. The Hall–Kier alpha value is -1.33. The van der Waals surface area contributed by atoms with Gasteiger partial charge in [-0.25, -0.2) is 8.78 Å². The van der Waals surface area contributed by atoms with Crippen molar-refractivity contribution in [2.24, 2.45) is 0 Å². The van der Waals surface area contributed by atoms with Crippen molar-refractivity contribution >= 4 is 15.9 Å². The normalized spacial score (nSPS) is 12.4. The van der Waals surface area contributed by atoms with Crippen LogP contribution in [0, 0.1) is 11.6 Å². The van der Waals surface area contributed by atoms with E-state index in [0.29, 0.717) is 0 Å². The lowest BCUT2D eigenvalue weighted by molar-refractivity contribution is 0.481. The zero-order valence-electron chi connectivity index (χ0n) is 11.7. The number of nitrogens with one attached hydrogen (secondary N) is 1. The van der Waals surface area contributed by atoms with Gasteiger partial charge in [0.25, 0.3) is 0 Å². The molecule has 112 valence electrons. The van der Waals surface area contributed by atoms with Crippen molar-refractivity contribution in [3.63, 3.8) is 0 Å². The molecule has 0 spiro atoms. The van der Waals surface area contributed by atoms with Gasteiger partial charge in [0.2, 0.25) is 0 Å². The van der Waals surface area contributed by atoms with Crippen molar-refractivity contribution in [3.8, 4) is 0 Å². The highest BCUT2D eigenvalue weighted by molar-refractivity contribution is 9.10. The summed E-state index contributed by atoms with van der Waals surface area (Å²) < 4.78 is 28.3. The number of hydrogen-bond acceptors (Lipinski definition) is 2. The van der Waals surface area contributed by atoms with E-state index in [2.05, 4.69) is 26.2 Å². The van der Waals surface area contributed by atoms with E-state index in [4.69, 9.17) is 0 Å². The molecule has 0 radical (unpaired) electrons. The molecule has 1 unspecified atom stereocenters. The standard InChI is InChI=1S/C16H17BrF2N2/c1-2-8-20-15(14-5-3-4-9-21-14)10-11-13(18)7-6-12(17)16(11)19/h3-7,9,15,20H,2,8,10H2,1H3. The average molecular weight is 355 g/mol. The van der Waals surface area contributed by atoms with Crippen LogP contribution in [0.1, 0.15) is 30.6 Å².